The molecule has 1 amide bonds. The van der Waals surface area contributed by atoms with E-state index in [1.807, 2.05) is 38.8 Å². The van der Waals surface area contributed by atoms with Gasteiger partial charge in [0.2, 0.25) is 0 Å². The number of amides is 1. The number of nitrogens with one attached hydrogen (secondary N) is 1. The lowest BCUT2D eigenvalue weighted by molar-refractivity contribution is 0.0788. The number of nitrogens with zero attached hydrogens (tertiary/aromatic N) is 4. The lowest BCUT2D eigenvalue weighted by Gasteiger charge is -2.16. The summed E-state index contributed by atoms with van der Waals surface area (Å²) in [6.45, 7) is 8.39. The summed E-state index contributed by atoms with van der Waals surface area (Å²) >= 11 is 0. The Labute approximate surface area is 142 Å². The van der Waals surface area contributed by atoms with Crippen molar-refractivity contribution >= 4 is 24.0 Å². The van der Waals surface area contributed by atoms with Gasteiger partial charge in [0.1, 0.15) is 5.56 Å². The lowest BCUT2D eigenvalue weighted by Crippen LogP contribution is -2.30. The van der Waals surface area contributed by atoms with E-state index >= 15 is 0 Å². The van der Waals surface area contributed by atoms with Gasteiger partial charge < -0.3 is 10.2 Å². The van der Waals surface area contributed by atoms with Crippen LogP contribution in [-0.4, -0.2) is 52.1 Å². The van der Waals surface area contributed by atoms with Crippen molar-refractivity contribution in [2.45, 2.75) is 27.2 Å². The monoisotopic (exact) mass is 337 g/mol. The molecule has 0 spiro atoms. The maximum Gasteiger partial charge on any atom is 0.259 e. The second-order valence-electron chi connectivity index (χ2n) is 6.20. The maximum absolute atomic E-state index is 12.9. The molecule has 2 aromatic rings. The molecule has 126 valence electrons. The van der Waals surface area contributed by atoms with Crippen molar-refractivity contribution in [1.29, 1.82) is 0 Å². The molecule has 0 saturated carbocycles. The third-order valence-electron chi connectivity index (χ3n) is 4.35. The molecule has 1 aliphatic rings. The number of hydrogen-bond donors (Lipinski definition) is 1. The van der Waals surface area contributed by atoms with Crippen LogP contribution in [0.3, 0.4) is 0 Å². The van der Waals surface area contributed by atoms with Crippen molar-refractivity contribution in [3.8, 4) is 0 Å². The molecule has 1 fully saturated rings. The molecule has 2 aromatic heterocycles. The zero-order valence-electron chi connectivity index (χ0n) is 14.1. The minimum absolute atomic E-state index is 0. The van der Waals surface area contributed by atoms with Crippen LogP contribution in [0.1, 0.15) is 33.9 Å². The van der Waals surface area contributed by atoms with Crippen LogP contribution in [0.2, 0.25) is 0 Å². The minimum atomic E-state index is 0. The van der Waals surface area contributed by atoms with Crippen LogP contribution in [-0.2, 0) is 0 Å². The molecule has 23 heavy (non-hydrogen) atoms. The zero-order valence-corrected chi connectivity index (χ0v) is 14.9. The first-order valence-electron chi connectivity index (χ1n) is 7.78. The second kappa shape index (κ2) is 6.84. The summed E-state index contributed by atoms with van der Waals surface area (Å²) in [7, 11) is 1.95. The summed E-state index contributed by atoms with van der Waals surface area (Å²) < 4.78 is 1.77. The summed E-state index contributed by atoms with van der Waals surface area (Å²) in [6, 6.07) is 1.98. The van der Waals surface area contributed by atoms with E-state index in [1.54, 1.807) is 4.52 Å². The summed E-state index contributed by atoms with van der Waals surface area (Å²) in [4.78, 5) is 19.4. The molecule has 3 rings (SSSR count). The average Bonchev–Trinajstić information content (AvgIpc) is 3.03. The molecule has 1 atom stereocenters. The van der Waals surface area contributed by atoms with Crippen molar-refractivity contribution in [2.75, 3.05) is 26.7 Å². The van der Waals surface area contributed by atoms with E-state index in [9.17, 15) is 4.79 Å². The van der Waals surface area contributed by atoms with Crippen LogP contribution in [0.15, 0.2) is 6.07 Å². The number of fused-ring (bicyclic) bond motifs is 1. The number of carbonyl (C=O) groups excluding carboxylic acids is 1. The largest absolute Gasteiger partial charge is 0.338 e. The lowest BCUT2D eigenvalue weighted by atomic mass is 10.1. The fraction of sp³-hybridized carbons (Fsp3) is 0.562. The predicted molar refractivity (Wildman–Crippen MR) is 92.4 cm³/mol. The molecular formula is C16H24ClN5O. The number of carbonyl (C=O) groups is 1. The van der Waals surface area contributed by atoms with Crippen LogP contribution in [0, 0.1) is 26.7 Å². The fourth-order valence-electron chi connectivity index (χ4n) is 3.31. The third kappa shape index (κ3) is 3.19. The van der Waals surface area contributed by atoms with E-state index in [-0.39, 0.29) is 18.3 Å². The van der Waals surface area contributed by atoms with Gasteiger partial charge in [-0.05, 0) is 52.8 Å². The van der Waals surface area contributed by atoms with E-state index < -0.39 is 0 Å². The van der Waals surface area contributed by atoms with Gasteiger partial charge in [0.25, 0.3) is 5.91 Å². The highest BCUT2D eigenvalue weighted by molar-refractivity contribution is 6.01. The standard InChI is InChI=1S/C16H23N5O.ClH/c1-10-7-11(2)21-15(18-10)14(12(3)19-21)16(22)20-6-5-13(9-20)8-17-4;/h7,13,17H,5-6,8-9H2,1-4H3;1H. The van der Waals surface area contributed by atoms with Gasteiger partial charge in [-0.2, -0.15) is 5.10 Å². The normalized spacial score (nSPS) is 17.6. The molecule has 1 saturated heterocycles. The van der Waals surface area contributed by atoms with Gasteiger partial charge in [-0.15, -0.1) is 12.4 Å². The second-order valence-corrected chi connectivity index (χ2v) is 6.20. The topological polar surface area (TPSA) is 62.5 Å². The van der Waals surface area contributed by atoms with Crippen molar-refractivity contribution in [2.24, 2.45) is 5.92 Å². The van der Waals surface area contributed by atoms with Gasteiger partial charge >= 0.3 is 0 Å². The summed E-state index contributed by atoms with van der Waals surface area (Å²) in [5.41, 5.74) is 3.99. The Morgan fingerprint density at radius 1 is 1.39 bits per heavy atom. The van der Waals surface area contributed by atoms with Gasteiger partial charge in [0.15, 0.2) is 5.65 Å². The van der Waals surface area contributed by atoms with Gasteiger partial charge in [0.05, 0.1) is 5.69 Å². The van der Waals surface area contributed by atoms with Crippen LogP contribution >= 0.6 is 12.4 Å². The fourth-order valence-corrected chi connectivity index (χ4v) is 3.31. The molecule has 1 unspecified atom stereocenters. The quantitative estimate of drug-likeness (QED) is 0.927. The Hall–Kier alpha value is -1.66. The van der Waals surface area contributed by atoms with Crippen molar-refractivity contribution in [1.82, 2.24) is 24.8 Å². The van der Waals surface area contributed by atoms with Crippen LogP contribution in [0.25, 0.3) is 5.65 Å². The average molecular weight is 338 g/mol. The van der Waals surface area contributed by atoms with E-state index in [0.29, 0.717) is 17.1 Å². The number of aryl methyl sites for hydroxylation is 3. The van der Waals surface area contributed by atoms with Crippen LogP contribution in [0.4, 0.5) is 0 Å². The van der Waals surface area contributed by atoms with Gasteiger partial charge in [0, 0.05) is 24.5 Å². The van der Waals surface area contributed by atoms with E-state index in [0.717, 1.165) is 43.1 Å². The predicted octanol–water partition coefficient (Wildman–Crippen LogP) is 1.76. The molecule has 0 bridgehead atoms. The Morgan fingerprint density at radius 2 is 2.13 bits per heavy atom. The first-order chi connectivity index (χ1) is 10.5. The first-order valence-corrected chi connectivity index (χ1v) is 7.78. The number of rotatable bonds is 3. The Balaban J connectivity index is 0.00000192. The van der Waals surface area contributed by atoms with Gasteiger partial charge in [-0.25, -0.2) is 9.50 Å². The molecule has 0 radical (unpaired) electrons. The Bertz CT molecular complexity index is 727. The number of likely N-dealkylation sites (tertiary alicyclic amines) is 1. The summed E-state index contributed by atoms with van der Waals surface area (Å²) in [5, 5.41) is 7.69. The van der Waals surface area contributed by atoms with E-state index in [1.165, 1.54) is 0 Å². The molecule has 0 aromatic carbocycles. The van der Waals surface area contributed by atoms with E-state index in [2.05, 4.69) is 15.4 Å². The smallest absolute Gasteiger partial charge is 0.259 e. The first kappa shape index (κ1) is 17.7. The van der Waals surface area contributed by atoms with Gasteiger partial charge in [-0.3, -0.25) is 4.79 Å². The zero-order chi connectivity index (χ0) is 15.9. The van der Waals surface area contributed by atoms with Gasteiger partial charge in [-0.1, -0.05) is 0 Å². The van der Waals surface area contributed by atoms with Crippen LogP contribution in [0.5, 0.6) is 0 Å². The molecule has 7 heteroatoms. The molecule has 1 N–H and O–H groups in total. The highest BCUT2D eigenvalue weighted by atomic mass is 35.5. The van der Waals surface area contributed by atoms with Crippen molar-refractivity contribution in [3.63, 3.8) is 0 Å². The number of aromatic nitrogens is 3. The molecule has 3 heterocycles. The summed E-state index contributed by atoms with van der Waals surface area (Å²) in [6.07, 6.45) is 1.05. The highest BCUT2D eigenvalue weighted by Crippen LogP contribution is 2.22. The molecule has 0 aliphatic carbocycles. The molecule has 6 nitrogen and oxygen atoms in total. The third-order valence-corrected chi connectivity index (χ3v) is 4.35. The van der Waals surface area contributed by atoms with E-state index in [4.69, 9.17) is 0 Å². The van der Waals surface area contributed by atoms with Crippen LogP contribution < -0.4 is 5.32 Å². The van der Waals surface area contributed by atoms with Crippen molar-refractivity contribution < 1.29 is 4.79 Å². The number of halogens is 1. The maximum atomic E-state index is 12.9. The number of hydrogen-bond acceptors (Lipinski definition) is 4. The Morgan fingerprint density at radius 3 is 2.83 bits per heavy atom. The molecule has 1 aliphatic heterocycles. The highest BCUT2D eigenvalue weighted by Gasteiger charge is 2.30. The minimum Gasteiger partial charge on any atom is -0.338 e. The van der Waals surface area contributed by atoms with Crippen molar-refractivity contribution in [3.05, 3.63) is 28.7 Å². The summed E-state index contributed by atoms with van der Waals surface area (Å²) in [5.74, 6) is 0.594. The Kier molecular flexibility index (Phi) is 5.26. The SMILES string of the molecule is CNCC1CCN(C(=O)c2c(C)nn3c(C)cc(C)nc23)C1.Cl. The molecular weight excluding hydrogens is 314 g/mol.